The highest BCUT2D eigenvalue weighted by molar-refractivity contribution is 8.05. The highest BCUT2D eigenvalue weighted by Gasteiger charge is 2.07. The molecule has 2 nitrogen and oxygen atoms in total. The minimum absolute atomic E-state index is 0.608. The third kappa shape index (κ3) is 3.45. The number of para-hydroxylation sites is 1. The number of thioether (sulfide) groups is 1. The second-order valence-corrected chi connectivity index (χ2v) is 6.98. The Morgan fingerprint density at radius 2 is 1.95 bits per heavy atom. The first-order valence-electron chi connectivity index (χ1n) is 6.15. The largest absolute Gasteiger partial charge is 0.229 e. The molecule has 0 N–H and O–H groups in total. The van der Waals surface area contributed by atoms with E-state index in [1.165, 1.54) is 11.8 Å². The van der Waals surface area contributed by atoms with Crippen molar-refractivity contribution in [2.45, 2.75) is 4.34 Å². The zero-order chi connectivity index (χ0) is 14.7. The molecule has 102 valence electrons. The van der Waals surface area contributed by atoms with Crippen LogP contribution in [-0.4, -0.2) is 4.98 Å². The van der Waals surface area contributed by atoms with Crippen molar-refractivity contribution in [3.63, 3.8) is 0 Å². The minimum Gasteiger partial charge on any atom is -0.229 e. The van der Waals surface area contributed by atoms with Crippen LogP contribution >= 0.6 is 34.7 Å². The molecule has 0 aliphatic heterocycles. The van der Waals surface area contributed by atoms with E-state index in [4.69, 9.17) is 11.6 Å². The van der Waals surface area contributed by atoms with Gasteiger partial charge in [0, 0.05) is 5.02 Å². The number of nitrogens with zero attached hydrogens (tertiary/aromatic N) is 2. The summed E-state index contributed by atoms with van der Waals surface area (Å²) >= 11 is 8.84. The van der Waals surface area contributed by atoms with Crippen molar-refractivity contribution in [3.05, 3.63) is 64.0 Å². The Morgan fingerprint density at radius 1 is 1.19 bits per heavy atom. The Balaban J connectivity index is 1.87. The highest BCUT2D eigenvalue weighted by atomic mass is 35.5. The van der Waals surface area contributed by atoms with E-state index in [1.54, 1.807) is 11.3 Å². The van der Waals surface area contributed by atoms with Gasteiger partial charge in [-0.15, -0.1) is 11.3 Å². The van der Waals surface area contributed by atoms with Crippen molar-refractivity contribution in [1.29, 1.82) is 5.26 Å². The van der Waals surface area contributed by atoms with Gasteiger partial charge in [-0.2, -0.15) is 5.26 Å². The fourth-order valence-electron chi connectivity index (χ4n) is 1.78. The Hall–Kier alpha value is -1.80. The van der Waals surface area contributed by atoms with E-state index in [0.717, 1.165) is 20.1 Å². The molecule has 0 radical (unpaired) electrons. The number of hydrogen-bond acceptors (Lipinski definition) is 4. The van der Waals surface area contributed by atoms with Gasteiger partial charge in [-0.1, -0.05) is 35.9 Å². The molecular formula is C16H9ClN2S2. The molecule has 0 aliphatic rings. The molecule has 1 heterocycles. The summed E-state index contributed by atoms with van der Waals surface area (Å²) in [5, 5.41) is 9.97. The van der Waals surface area contributed by atoms with Crippen LogP contribution in [0.5, 0.6) is 0 Å². The van der Waals surface area contributed by atoms with Gasteiger partial charge in [0.15, 0.2) is 4.34 Å². The lowest BCUT2D eigenvalue weighted by atomic mass is 10.2. The second-order valence-electron chi connectivity index (χ2n) is 4.22. The van der Waals surface area contributed by atoms with Crippen molar-refractivity contribution in [1.82, 2.24) is 4.98 Å². The number of allylic oxidation sites excluding steroid dienone is 1. The molecule has 21 heavy (non-hydrogen) atoms. The lowest BCUT2D eigenvalue weighted by Crippen LogP contribution is -1.76. The Labute approximate surface area is 135 Å². The molecule has 0 saturated heterocycles. The van der Waals surface area contributed by atoms with Gasteiger partial charge in [-0.3, -0.25) is 0 Å². The van der Waals surface area contributed by atoms with Crippen LogP contribution in [0.4, 0.5) is 0 Å². The third-order valence-electron chi connectivity index (χ3n) is 2.75. The molecule has 0 atom stereocenters. The average molecular weight is 329 g/mol. The molecule has 0 fully saturated rings. The second kappa shape index (κ2) is 6.31. The quantitative estimate of drug-likeness (QED) is 0.463. The number of hydrogen-bond donors (Lipinski definition) is 0. The van der Waals surface area contributed by atoms with E-state index in [9.17, 15) is 5.26 Å². The van der Waals surface area contributed by atoms with E-state index in [-0.39, 0.29) is 0 Å². The van der Waals surface area contributed by atoms with Gasteiger partial charge >= 0.3 is 0 Å². The van der Waals surface area contributed by atoms with Gasteiger partial charge in [0.2, 0.25) is 0 Å². The van der Waals surface area contributed by atoms with E-state index in [0.29, 0.717) is 9.93 Å². The maximum atomic E-state index is 9.29. The summed E-state index contributed by atoms with van der Waals surface area (Å²) in [5.41, 5.74) is 1.92. The zero-order valence-electron chi connectivity index (χ0n) is 10.8. The molecule has 5 heteroatoms. The molecular weight excluding hydrogens is 320 g/mol. The number of thiazole rings is 1. The van der Waals surface area contributed by atoms with E-state index in [2.05, 4.69) is 11.1 Å². The first-order valence-corrected chi connectivity index (χ1v) is 8.16. The fraction of sp³-hybridized carbons (Fsp3) is 0. The summed E-state index contributed by atoms with van der Waals surface area (Å²) in [6, 6.07) is 17.6. The zero-order valence-corrected chi connectivity index (χ0v) is 13.2. The van der Waals surface area contributed by atoms with Crippen LogP contribution in [0.1, 0.15) is 5.56 Å². The Kier molecular flexibility index (Phi) is 4.26. The van der Waals surface area contributed by atoms with Gasteiger partial charge in [0.25, 0.3) is 0 Å². The summed E-state index contributed by atoms with van der Waals surface area (Å²) in [6.45, 7) is 0. The first-order chi connectivity index (χ1) is 10.2. The molecule has 0 bridgehead atoms. The number of halogens is 1. The summed E-state index contributed by atoms with van der Waals surface area (Å²) in [6.07, 6.45) is 1.84. The molecule has 2 aromatic carbocycles. The maximum Gasteiger partial charge on any atom is 0.156 e. The van der Waals surface area contributed by atoms with Crippen LogP contribution in [0, 0.1) is 11.3 Å². The van der Waals surface area contributed by atoms with Gasteiger partial charge in [-0.05, 0) is 47.7 Å². The van der Waals surface area contributed by atoms with Crippen LogP contribution < -0.4 is 0 Å². The predicted molar refractivity (Wildman–Crippen MR) is 90.5 cm³/mol. The van der Waals surface area contributed by atoms with Crippen LogP contribution in [0.3, 0.4) is 0 Å². The summed E-state index contributed by atoms with van der Waals surface area (Å²) < 4.78 is 2.00. The molecule has 3 rings (SSSR count). The van der Waals surface area contributed by atoms with Crippen molar-refractivity contribution < 1.29 is 0 Å². The number of nitriles is 1. The molecule has 0 spiro atoms. The summed E-state index contributed by atoms with van der Waals surface area (Å²) in [5.74, 6) is 0. The monoisotopic (exact) mass is 328 g/mol. The van der Waals surface area contributed by atoms with Gasteiger partial charge < -0.3 is 0 Å². The van der Waals surface area contributed by atoms with Crippen molar-refractivity contribution in [3.8, 4) is 6.07 Å². The number of rotatable bonds is 3. The van der Waals surface area contributed by atoms with Crippen LogP contribution in [0.15, 0.2) is 57.8 Å². The summed E-state index contributed by atoms with van der Waals surface area (Å²) in [7, 11) is 0. The van der Waals surface area contributed by atoms with Crippen molar-refractivity contribution >= 4 is 51.0 Å². The number of benzene rings is 2. The Morgan fingerprint density at radius 3 is 2.67 bits per heavy atom. The lowest BCUT2D eigenvalue weighted by Gasteiger charge is -1.96. The smallest absolute Gasteiger partial charge is 0.156 e. The fourth-order valence-corrected chi connectivity index (χ4v) is 3.88. The molecule has 0 saturated carbocycles. The van der Waals surface area contributed by atoms with Crippen molar-refractivity contribution in [2.75, 3.05) is 0 Å². The van der Waals surface area contributed by atoms with E-state index < -0.39 is 0 Å². The Bertz CT molecular complexity index is 812. The standard InChI is InChI=1S/C16H9ClN2S2/c17-12-7-5-11(6-8-12)9-13(10-18)20-16-19-14-3-1-2-4-15(14)21-16/h1-9H/b13-9+. The number of aromatic nitrogens is 1. The average Bonchev–Trinajstić information content (AvgIpc) is 2.91. The van der Waals surface area contributed by atoms with Crippen LogP contribution in [0.25, 0.3) is 16.3 Å². The van der Waals surface area contributed by atoms with Crippen LogP contribution in [-0.2, 0) is 0 Å². The topological polar surface area (TPSA) is 36.7 Å². The maximum absolute atomic E-state index is 9.29. The molecule has 0 amide bonds. The lowest BCUT2D eigenvalue weighted by molar-refractivity contribution is 1.31. The van der Waals surface area contributed by atoms with Gasteiger partial charge in [0.1, 0.15) is 6.07 Å². The van der Waals surface area contributed by atoms with Gasteiger partial charge in [0.05, 0.1) is 15.1 Å². The predicted octanol–water partition coefficient (Wildman–Crippen LogP) is 5.61. The molecule has 0 unspecified atom stereocenters. The van der Waals surface area contributed by atoms with E-state index in [1.807, 2.05) is 54.6 Å². The van der Waals surface area contributed by atoms with Gasteiger partial charge in [-0.25, -0.2) is 4.98 Å². The van der Waals surface area contributed by atoms with E-state index >= 15 is 0 Å². The third-order valence-corrected chi connectivity index (χ3v) is 5.03. The van der Waals surface area contributed by atoms with Crippen LogP contribution in [0.2, 0.25) is 5.02 Å². The minimum atomic E-state index is 0.608. The molecule has 1 aromatic heterocycles. The summed E-state index contributed by atoms with van der Waals surface area (Å²) in [4.78, 5) is 5.13. The number of fused-ring (bicyclic) bond motifs is 1. The molecule has 3 aromatic rings. The highest BCUT2D eigenvalue weighted by Crippen LogP contribution is 2.34. The first kappa shape index (κ1) is 14.2. The van der Waals surface area contributed by atoms with Crippen molar-refractivity contribution in [2.24, 2.45) is 0 Å². The normalized spacial score (nSPS) is 11.5. The molecule has 0 aliphatic carbocycles. The SMILES string of the molecule is N#C/C(=C\c1ccc(Cl)cc1)Sc1nc2ccccc2s1.